The fourth-order valence-corrected chi connectivity index (χ4v) is 0.895. The Morgan fingerprint density at radius 2 is 2.20 bits per heavy atom. The highest BCUT2D eigenvalue weighted by atomic mass is 16.4. The maximum atomic E-state index is 11.4. The molecule has 0 fully saturated rings. The van der Waals surface area contributed by atoms with Crippen molar-refractivity contribution in [3.8, 4) is 0 Å². The molecular weight excluding hydrogens is 200 g/mol. The lowest BCUT2D eigenvalue weighted by atomic mass is 10.3. The minimum Gasteiger partial charge on any atom is -0.479 e. The molecule has 0 aliphatic heterocycles. The first kappa shape index (κ1) is 13.4. The Bertz CT molecular complexity index is 242. The molecule has 0 unspecified atom stereocenters. The highest BCUT2D eigenvalue weighted by Gasteiger charge is 2.16. The predicted octanol–water partition coefficient (Wildman–Crippen LogP) is -0.351. The van der Waals surface area contributed by atoms with Gasteiger partial charge in [0.25, 0.3) is 0 Å². The Morgan fingerprint density at radius 3 is 2.60 bits per heavy atom. The number of nitrogens with zero attached hydrogens (tertiary/aromatic N) is 1. The number of rotatable bonds is 6. The van der Waals surface area contributed by atoms with Crippen LogP contribution < -0.4 is 5.32 Å². The number of carboxylic acid groups (broad SMARTS) is 1. The molecule has 0 rings (SSSR count). The lowest BCUT2D eigenvalue weighted by molar-refractivity contribution is -0.146. The zero-order valence-corrected chi connectivity index (χ0v) is 8.64. The fourth-order valence-electron chi connectivity index (χ4n) is 0.895. The van der Waals surface area contributed by atoms with Crippen molar-refractivity contribution in [2.45, 2.75) is 13.0 Å². The molecule has 6 nitrogen and oxygen atoms in total. The van der Waals surface area contributed by atoms with Crippen LogP contribution in [0.4, 0.5) is 4.79 Å². The van der Waals surface area contributed by atoms with Gasteiger partial charge in [-0.2, -0.15) is 0 Å². The van der Waals surface area contributed by atoms with Gasteiger partial charge < -0.3 is 20.4 Å². The molecule has 0 radical (unpaired) electrons. The van der Waals surface area contributed by atoms with Crippen molar-refractivity contribution in [3.63, 3.8) is 0 Å². The van der Waals surface area contributed by atoms with E-state index >= 15 is 0 Å². The summed E-state index contributed by atoms with van der Waals surface area (Å²) in [6, 6.07) is -0.419. The molecule has 0 saturated heterocycles. The molecular formula is C9H16N2O4. The van der Waals surface area contributed by atoms with Gasteiger partial charge in [0.1, 0.15) is 0 Å². The largest absolute Gasteiger partial charge is 0.479 e. The molecule has 0 aromatic rings. The summed E-state index contributed by atoms with van der Waals surface area (Å²) in [6.45, 7) is 5.84. The van der Waals surface area contributed by atoms with Gasteiger partial charge in [0.05, 0.1) is 6.54 Å². The Labute approximate surface area is 88.2 Å². The number of hydrogen-bond acceptors (Lipinski definition) is 3. The first-order chi connectivity index (χ1) is 7.02. The van der Waals surface area contributed by atoms with Gasteiger partial charge in [0, 0.05) is 13.1 Å². The number of aliphatic hydroxyl groups is 1. The van der Waals surface area contributed by atoms with Crippen molar-refractivity contribution in [1.82, 2.24) is 10.2 Å². The SMILES string of the molecule is C=CCN(CC)C(=O)NC[C@H](O)C(=O)O. The van der Waals surface area contributed by atoms with Crippen LogP contribution in [0.2, 0.25) is 0 Å². The van der Waals surface area contributed by atoms with Gasteiger partial charge in [-0.25, -0.2) is 9.59 Å². The number of aliphatic hydroxyl groups excluding tert-OH is 1. The minimum atomic E-state index is -1.57. The van der Waals surface area contributed by atoms with E-state index in [4.69, 9.17) is 10.2 Å². The zero-order valence-electron chi connectivity index (χ0n) is 8.64. The van der Waals surface area contributed by atoms with Crippen LogP contribution in [0.15, 0.2) is 12.7 Å². The van der Waals surface area contributed by atoms with E-state index in [2.05, 4.69) is 11.9 Å². The van der Waals surface area contributed by atoms with Crippen molar-refractivity contribution in [2.24, 2.45) is 0 Å². The molecule has 6 heteroatoms. The van der Waals surface area contributed by atoms with E-state index in [1.807, 2.05) is 0 Å². The molecule has 0 spiro atoms. The maximum Gasteiger partial charge on any atom is 0.334 e. The first-order valence-corrected chi connectivity index (χ1v) is 4.57. The third-order valence-electron chi connectivity index (χ3n) is 1.75. The molecule has 3 N–H and O–H groups in total. The minimum absolute atomic E-state index is 0.304. The zero-order chi connectivity index (χ0) is 11.8. The summed E-state index contributed by atoms with van der Waals surface area (Å²) in [5.74, 6) is -1.36. The highest BCUT2D eigenvalue weighted by Crippen LogP contribution is 1.90. The molecule has 15 heavy (non-hydrogen) atoms. The van der Waals surface area contributed by atoms with Crippen molar-refractivity contribution in [2.75, 3.05) is 19.6 Å². The summed E-state index contributed by atoms with van der Waals surface area (Å²) in [5, 5.41) is 19.6. The van der Waals surface area contributed by atoms with Crippen LogP contribution in [0, 0.1) is 0 Å². The number of aliphatic carboxylic acids is 1. The summed E-state index contributed by atoms with van der Waals surface area (Å²) >= 11 is 0. The summed E-state index contributed by atoms with van der Waals surface area (Å²) in [6.07, 6.45) is -0.00661. The van der Waals surface area contributed by atoms with Crippen molar-refractivity contribution in [1.29, 1.82) is 0 Å². The first-order valence-electron chi connectivity index (χ1n) is 4.57. The van der Waals surface area contributed by atoms with E-state index in [0.717, 1.165) is 0 Å². The summed E-state index contributed by atoms with van der Waals surface area (Å²) < 4.78 is 0. The van der Waals surface area contributed by atoms with Crippen LogP contribution in [0.3, 0.4) is 0 Å². The van der Waals surface area contributed by atoms with Gasteiger partial charge in [-0.1, -0.05) is 6.08 Å². The van der Waals surface area contributed by atoms with Gasteiger partial charge in [-0.3, -0.25) is 0 Å². The van der Waals surface area contributed by atoms with Crippen LogP contribution in [0.1, 0.15) is 6.92 Å². The number of amides is 2. The smallest absolute Gasteiger partial charge is 0.334 e. The van der Waals surface area contributed by atoms with E-state index in [9.17, 15) is 9.59 Å². The van der Waals surface area contributed by atoms with Crippen molar-refractivity contribution < 1.29 is 19.8 Å². The Kier molecular flexibility index (Phi) is 6.12. The van der Waals surface area contributed by atoms with Gasteiger partial charge in [-0.05, 0) is 6.92 Å². The normalized spacial score (nSPS) is 11.6. The van der Waals surface area contributed by atoms with Crippen LogP contribution in [-0.2, 0) is 4.79 Å². The molecule has 0 saturated carbocycles. The molecule has 2 amide bonds. The average Bonchev–Trinajstić information content (AvgIpc) is 2.21. The Morgan fingerprint density at radius 1 is 1.60 bits per heavy atom. The standard InChI is InChI=1S/C9H16N2O4/c1-3-5-11(4-2)9(15)10-6-7(12)8(13)14/h3,7,12H,1,4-6H2,2H3,(H,10,15)(H,13,14)/t7-/m0/s1. The Balaban J connectivity index is 4.00. The number of carbonyl (C=O) groups is 2. The van der Waals surface area contributed by atoms with Gasteiger partial charge in [0.15, 0.2) is 6.10 Å². The molecule has 0 aromatic carbocycles. The predicted molar refractivity (Wildman–Crippen MR) is 54.5 cm³/mol. The summed E-state index contributed by atoms with van der Waals surface area (Å²) in [4.78, 5) is 23.0. The molecule has 0 aliphatic rings. The van der Waals surface area contributed by atoms with E-state index in [1.54, 1.807) is 13.0 Å². The van der Waals surface area contributed by atoms with E-state index in [1.165, 1.54) is 4.90 Å². The van der Waals surface area contributed by atoms with E-state index in [-0.39, 0.29) is 6.54 Å². The molecule has 1 atom stereocenters. The number of carbonyl (C=O) groups excluding carboxylic acids is 1. The number of carboxylic acids is 1. The van der Waals surface area contributed by atoms with Gasteiger partial charge in [-0.15, -0.1) is 6.58 Å². The third kappa shape index (κ3) is 5.02. The second-order valence-electron chi connectivity index (χ2n) is 2.87. The second kappa shape index (κ2) is 6.83. The molecule has 0 heterocycles. The number of urea groups is 1. The number of likely N-dealkylation sites (N-methyl/N-ethyl adjacent to an activating group) is 1. The molecule has 86 valence electrons. The van der Waals surface area contributed by atoms with Crippen molar-refractivity contribution in [3.05, 3.63) is 12.7 Å². The third-order valence-corrected chi connectivity index (χ3v) is 1.75. The van der Waals surface area contributed by atoms with Crippen molar-refractivity contribution >= 4 is 12.0 Å². The number of hydrogen-bond donors (Lipinski definition) is 3. The molecule has 0 aliphatic carbocycles. The average molecular weight is 216 g/mol. The lowest BCUT2D eigenvalue weighted by Crippen LogP contribution is -2.44. The van der Waals surface area contributed by atoms with E-state index < -0.39 is 18.1 Å². The quantitative estimate of drug-likeness (QED) is 0.529. The van der Waals surface area contributed by atoms with Crippen LogP contribution in [-0.4, -0.2) is 52.9 Å². The monoisotopic (exact) mass is 216 g/mol. The van der Waals surface area contributed by atoms with Crippen LogP contribution in [0.25, 0.3) is 0 Å². The van der Waals surface area contributed by atoms with Crippen LogP contribution >= 0.6 is 0 Å². The molecule has 0 bridgehead atoms. The van der Waals surface area contributed by atoms with Gasteiger partial charge >= 0.3 is 12.0 Å². The lowest BCUT2D eigenvalue weighted by Gasteiger charge is -2.19. The van der Waals surface area contributed by atoms with Gasteiger partial charge in [0.2, 0.25) is 0 Å². The highest BCUT2D eigenvalue weighted by molar-refractivity contribution is 5.76. The fraction of sp³-hybridized carbons (Fsp3) is 0.556. The summed E-state index contributed by atoms with van der Waals surface area (Å²) in [7, 11) is 0. The Hall–Kier alpha value is -1.56. The van der Waals surface area contributed by atoms with E-state index in [0.29, 0.717) is 13.1 Å². The topological polar surface area (TPSA) is 89.9 Å². The second-order valence-corrected chi connectivity index (χ2v) is 2.87. The maximum absolute atomic E-state index is 11.4. The number of nitrogens with one attached hydrogen (secondary N) is 1. The van der Waals surface area contributed by atoms with Crippen LogP contribution in [0.5, 0.6) is 0 Å². The summed E-state index contributed by atoms with van der Waals surface area (Å²) in [5.41, 5.74) is 0. The molecule has 0 aromatic heterocycles.